The third-order valence-electron chi connectivity index (χ3n) is 7.36. The molecule has 0 bridgehead atoms. The highest BCUT2D eigenvalue weighted by molar-refractivity contribution is 9.10. The van der Waals surface area contributed by atoms with Gasteiger partial charge in [0.15, 0.2) is 0 Å². The molecular weight excluding hydrogens is 640 g/mol. The zero-order valence-electron chi connectivity index (χ0n) is 22.5. The van der Waals surface area contributed by atoms with Crippen molar-refractivity contribution in [3.63, 3.8) is 0 Å². The molecule has 1 fully saturated rings. The number of hydrogen-bond donors (Lipinski definition) is 2. The standard InChI is InChI=1S/C30H25BrN4O5S2/c1-33(2)19-9-3-16(4-10-19)23-24-25(28(39)35(27(24)38)20-11-5-17(31)6-12-20)41-29-26(23)42-30(40)34(29)15-22(37)32-18-7-13-21(36)14-8-18/h3-14,23-25,36H,15H2,1-2H3,(H,32,37)/t23-,24-,25+/m0/s1. The Kier molecular flexibility index (Phi) is 7.46. The van der Waals surface area contributed by atoms with Crippen molar-refractivity contribution in [1.29, 1.82) is 0 Å². The van der Waals surface area contributed by atoms with Gasteiger partial charge in [-0.3, -0.25) is 23.7 Å². The quantitative estimate of drug-likeness (QED) is 0.223. The minimum absolute atomic E-state index is 0.0692. The van der Waals surface area contributed by atoms with Crippen LogP contribution in [0.15, 0.2) is 87.1 Å². The number of halogens is 1. The minimum atomic E-state index is -0.771. The van der Waals surface area contributed by atoms with Crippen molar-refractivity contribution in [1.82, 2.24) is 4.57 Å². The second kappa shape index (κ2) is 11.1. The predicted molar refractivity (Wildman–Crippen MR) is 168 cm³/mol. The zero-order valence-corrected chi connectivity index (χ0v) is 25.7. The van der Waals surface area contributed by atoms with Gasteiger partial charge in [0.05, 0.1) is 16.6 Å². The average Bonchev–Trinajstić information content (AvgIpc) is 3.41. The molecule has 2 aliphatic rings. The van der Waals surface area contributed by atoms with Crippen LogP contribution in [0.1, 0.15) is 16.4 Å². The number of anilines is 3. The maximum absolute atomic E-state index is 14.0. The Hall–Kier alpha value is -3.87. The molecule has 42 heavy (non-hydrogen) atoms. The number of carbonyl (C=O) groups is 3. The first kappa shape index (κ1) is 28.3. The lowest BCUT2D eigenvalue weighted by molar-refractivity contribution is -0.122. The molecule has 0 spiro atoms. The summed E-state index contributed by atoms with van der Waals surface area (Å²) >= 11 is 5.59. The van der Waals surface area contributed by atoms with E-state index in [-0.39, 0.29) is 29.0 Å². The number of phenolic OH excluding ortho intramolecular Hbond substituents is 1. The lowest BCUT2D eigenvalue weighted by Crippen LogP contribution is -2.33. The molecule has 1 saturated heterocycles. The number of nitrogens with zero attached hydrogens (tertiary/aromatic N) is 3. The molecule has 9 nitrogen and oxygen atoms in total. The van der Waals surface area contributed by atoms with E-state index in [0.29, 0.717) is 21.3 Å². The van der Waals surface area contributed by atoms with Gasteiger partial charge in [0, 0.05) is 40.7 Å². The fraction of sp³-hybridized carbons (Fsp3) is 0.200. The largest absolute Gasteiger partial charge is 0.508 e. The molecule has 0 aliphatic carbocycles. The molecule has 3 aromatic carbocycles. The summed E-state index contributed by atoms with van der Waals surface area (Å²) in [6, 6.07) is 20.8. The molecule has 3 heterocycles. The van der Waals surface area contributed by atoms with E-state index in [0.717, 1.165) is 27.1 Å². The van der Waals surface area contributed by atoms with E-state index >= 15 is 0 Å². The zero-order chi connectivity index (χ0) is 29.7. The fourth-order valence-electron chi connectivity index (χ4n) is 5.33. The number of fused-ring (bicyclic) bond motifs is 2. The Morgan fingerprint density at radius 1 is 0.952 bits per heavy atom. The number of imide groups is 1. The third kappa shape index (κ3) is 5.03. The molecule has 2 aliphatic heterocycles. The number of aromatic hydroxyl groups is 1. The Morgan fingerprint density at radius 3 is 2.26 bits per heavy atom. The van der Waals surface area contributed by atoms with Crippen molar-refractivity contribution in [2.24, 2.45) is 5.92 Å². The van der Waals surface area contributed by atoms with Crippen LogP contribution in [0, 0.1) is 5.92 Å². The van der Waals surface area contributed by atoms with Gasteiger partial charge >= 0.3 is 4.87 Å². The number of carbonyl (C=O) groups excluding carboxylic acids is 3. The molecule has 4 aromatic rings. The van der Waals surface area contributed by atoms with Crippen LogP contribution in [-0.2, 0) is 20.9 Å². The summed E-state index contributed by atoms with van der Waals surface area (Å²) in [5.41, 5.74) is 2.75. The molecule has 0 unspecified atom stereocenters. The fourth-order valence-corrected chi connectivity index (χ4v) is 8.37. The summed E-state index contributed by atoms with van der Waals surface area (Å²) in [5.74, 6) is -2.29. The number of thioether (sulfide) groups is 1. The number of hydrogen-bond acceptors (Lipinski definition) is 8. The van der Waals surface area contributed by atoms with Gasteiger partial charge in [0.2, 0.25) is 17.7 Å². The van der Waals surface area contributed by atoms with Crippen molar-refractivity contribution in [2.75, 3.05) is 29.2 Å². The summed E-state index contributed by atoms with van der Waals surface area (Å²) in [4.78, 5) is 57.7. The van der Waals surface area contributed by atoms with Gasteiger partial charge in [-0.25, -0.2) is 4.90 Å². The Morgan fingerprint density at radius 2 is 1.62 bits per heavy atom. The highest BCUT2D eigenvalue weighted by Crippen LogP contribution is 2.54. The first-order chi connectivity index (χ1) is 20.1. The van der Waals surface area contributed by atoms with Gasteiger partial charge in [0.25, 0.3) is 0 Å². The van der Waals surface area contributed by atoms with Gasteiger partial charge in [-0.2, -0.15) is 0 Å². The molecule has 214 valence electrons. The molecule has 3 atom stereocenters. The highest BCUT2D eigenvalue weighted by Gasteiger charge is 2.56. The molecule has 1 aromatic heterocycles. The van der Waals surface area contributed by atoms with Crippen molar-refractivity contribution in [2.45, 2.75) is 22.7 Å². The van der Waals surface area contributed by atoms with Gasteiger partial charge in [0.1, 0.15) is 17.5 Å². The molecular formula is C30H25BrN4O5S2. The monoisotopic (exact) mass is 664 g/mol. The van der Waals surface area contributed by atoms with Crippen molar-refractivity contribution >= 4 is 73.8 Å². The molecule has 0 saturated carbocycles. The van der Waals surface area contributed by atoms with Crippen LogP contribution >= 0.6 is 39.0 Å². The van der Waals surface area contributed by atoms with Crippen LogP contribution in [0.2, 0.25) is 0 Å². The molecule has 6 rings (SSSR count). The van der Waals surface area contributed by atoms with E-state index in [1.54, 1.807) is 36.4 Å². The number of nitrogens with one attached hydrogen (secondary N) is 1. The Bertz CT molecular complexity index is 1750. The number of aromatic nitrogens is 1. The Labute approximate surface area is 257 Å². The van der Waals surface area contributed by atoms with Gasteiger partial charge < -0.3 is 15.3 Å². The predicted octanol–water partition coefficient (Wildman–Crippen LogP) is 4.88. The third-order valence-corrected chi connectivity index (χ3v) is 10.5. The van der Waals surface area contributed by atoms with Crippen LogP contribution < -0.4 is 20.0 Å². The van der Waals surface area contributed by atoms with E-state index in [1.807, 2.05) is 43.3 Å². The first-order valence-electron chi connectivity index (χ1n) is 13.0. The van der Waals surface area contributed by atoms with Crippen LogP contribution in [0.5, 0.6) is 5.75 Å². The van der Waals surface area contributed by atoms with E-state index in [4.69, 9.17) is 0 Å². The van der Waals surface area contributed by atoms with Crippen molar-refractivity contribution in [3.05, 3.63) is 97.4 Å². The van der Waals surface area contributed by atoms with Gasteiger partial charge in [-0.05, 0) is 66.2 Å². The van der Waals surface area contributed by atoms with Crippen molar-refractivity contribution in [3.8, 4) is 5.75 Å². The smallest absolute Gasteiger partial charge is 0.308 e. The summed E-state index contributed by atoms with van der Waals surface area (Å²) in [6.45, 7) is -0.263. The molecule has 3 amide bonds. The maximum atomic E-state index is 14.0. The van der Waals surface area contributed by atoms with E-state index in [2.05, 4.69) is 21.2 Å². The lowest BCUT2D eigenvalue weighted by atomic mass is 9.83. The maximum Gasteiger partial charge on any atom is 0.308 e. The van der Waals surface area contributed by atoms with Crippen molar-refractivity contribution < 1.29 is 19.5 Å². The SMILES string of the molecule is CN(C)c1ccc([C@@H]2c3sc(=O)n(CC(=O)Nc4ccc(O)cc4)c3S[C@H]3C(=O)N(c4ccc(Br)cc4)C(=O)[C@@H]23)cc1. The second-order valence-electron chi connectivity index (χ2n) is 10.2. The second-order valence-corrected chi connectivity index (χ2v) is 13.3. The van der Waals surface area contributed by atoms with E-state index < -0.39 is 23.0 Å². The number of thiazole rings is 1. The van der Waals surface area contributed by atoms with Crippen LogP contribution in [0.4, 0.5) is 17.1 Å². The van der Waals surface area contributed by atoms with E-state index in [1.165, 1.54) is 33.4 Å². The van der Waals surface area contributed by atoms with Gasteiger partial charge in [-0.1, -0.05) is 51.2 Å². The number of benzene rings is 3. The summed E-state index contributed by atoms with van der Waals surface area (Å²) in [5, 5.41) is 12.0. The minimum Gasteiger partial charge on any atom is -0.508 e. The summed E-state index contributed by atoms with van der Waals surface area (Å²) < 4.78 is 2.21. The van der Waals surface area contributed by atoms with Crippen LogP contribution in [-0.4, -0.2) is 46.7 Å². The topological polar surface area (TPSA) is 112 Å². The highest BCUT2D eigenvalue weighted by atomic mass is 79.9. The number of phenols is 1. The summed E-state index contributed by atoms with van der Waals surface area (Å²) in [6.07, 6.45) is 0. The number of amides is 3. The van der Waals surface area contributed by atoms with E-state index in [9.17, 15) is 24.3 Å². The average molecular weight is 666 g/mol. The molecule has 2 N–H and O–H groups in total. The van der Waals surface area contributed by atoms with Crippen LogP contribution in [0.25, 0.3) is 0 Å². The molecule has 0 radical (unpaired) electrons. The molecule has 12 heteroatoms. The lowest BCUT2D eigenvalue weighted by Gasteiger charge is -2.31. The normalized spacial score (nSPS) is 19.4. The summed E-state index contributed by atoms with van der Waals surface area (Å²) in [7, 11) is 3.87. The van der Waals surface area contributed by atoms with Gasteiger partial charge in [-0.15, -0.1) is 0 Å². The number of rotatable bonds is 6. The Balaban J connectivity index is 1.41. The first-order valence-corrected chi connectivity index (χ1v) is 15.5. The van der Waals surface area contributed by atoms with Crippen LogP contribution in [0.3, 0.4) is 0 Å².